The van der Waals surface area contributed by atoms with E-state index in [1.165, 1.54) is 6.08 Å². The van der Waals surface area contributed by atoms with Crippen molar-refractivity contribution in [3.8, 4) is 5.75 Å². The molecule has 4 heteroatoms. The minimum Gasteiger partial charge on any atom is -0.422 e. The van der Waals surface area contributed by atoms with Crippen LogP contribution in [0.1, 0.15) is 5.56 Å². The minimum atomic E-state index is -0.416. The molecule has 0 aromatic heterocycles. The fraction of sp³-hybridized carbons (Fsp3) is 0. The highest BCUT2D eigenvalue weighted by Gasteiger charge is 2.06. The lowest BCUT2D eigenvalue weighted by atomic mass is 10.0. The fourth-order valence-electron chi connectivity index (χ4n) is 2.25. The predicted octanol–water partition coefficient (Wildman–Crippen LogP) is 5.98. The molecule has 0 aliphatic heterocycles. The van der Waals surface area contributed by atoms with Gasteiger partial charge in [-0.1, -0.05) is 58.4 Å². The first-order valence-corrected chi connectivity index (χ1v) is 8.55. The molecule has 2 nitrogen and oxygen atoms in total. The molecular weight excluding hydrogens is 420 g/mol. The van der Waals surface area contributed by atoms with E-state index in [-0.39, 0.29) is 0 Å². The first-order valence-electron chi connectivity index (χ1n) is 6.96. The zero-order chi connectivity index (χ0) is 16.2. The zero-order valence-corrected chi connectivity index (χ0v) is 15.2. The first-order chi connectivity index (χ1) is 11.1. The van der Waals surface area contributed by atoms with Gasteiger partial charge < -0.3 is 4.74 Å². The molecule has 3 aromatic carbocycles. The van der Waals surface area contributed by atoms with Gasteiger partial charge >= 0.3 is 5.97 Å². The Labute approximate surface area is 151 Å². The van der Waals surface area contributed by atoms with Gasteiger partial charge in [0, 0.05) is 10.5 Å². The van der Waals surface area contributed by atoms with E-state index < -0.39 is 5.97 Å². The van der Waals surface area contributed by atoms with Crippen LogP contribution in [0.2, 0.25) is 0 Å². The highest BCUT2D eigenvalue weighted by atomic mass is 79.9. The molecule has 114 valence electrons. The Morgan fingerprint density at radius 1 is 0.957 bits per heavy atom. The topological polar surface area (TPSA) is 26.3 Å². The monoisotopic (exact) mass is 430 g/mol. The van der Waals surface area contributed by atoms with Gasteiger partial charge in [0.25, 0.3) is 0 Å². The van der Waals surface area contributed by atoms with Crippen LogP contribution < -0.4 is 4.74 Å². The van der Waals surface area contributed by atoms with Crippen molar-refractivity contribution >= 4 is 54.7 Å². The van der Waals surface area contributed by atoms with Gasteiger partial charge in [-0.05, 0) is 56.5 Å². The van der Waals surface area contributed by atoms with Gasteiger partial charge in [-0.25, -0.2) is 4.79 Å². The second kappa shape index (κ2) is 7.11. The van der Waals surface area contributed by atoms with Crippen molar-refractivity contribution < 1.29 is 9.53 Å². The number of ether oxygens (including phenoxy) is 1. The number of hydrogen-bond acceptors (Lipinski definition) is 2. The van der Waals surface area contributed by atoms with E-state index in [0.717, 1.165) is 25.3 Å². The summed E-state index contributed by atoms with van der Waals surface area (Å²) in [6, 6.07) is 19.4. The van der Waals surface area contributed by atoms with Crippen molar-refractivity contribution in [1.82, 2.24) is 0 Å². The van der Waals surface area contributed by atoms with Gasteiger partial charge in [-0.15, -0.1) is 0 Å². The van der Waals surface area contributed by atoms with E-state index in [0.29, 0.717) is 5.75 Å². The van der Waals surface area contributed by atoms with Gasteiger partial charge in [0.05, 0.1) is 4.47 Å². The molecule has 0 atom stereocenters. The number of esters is 1. The summed E-state index contributed by atoms with van der Waals surface area (Å²) in [5.41, 5.74) is 0.981. The number of fused-ring (bicyclic) bond motifs is 1. The second-order valence-electron chi connectivity index (χ2n) is 4.90. The summed E-state index contributed by atoms with van der Waals surface area (Å²) in [6.07, 6.45) is 3.22. The molecule has 0 amide bonds. The third-order valence-electron chi connectivity index (χ3n) is 3.33. The molecule has 0 saturated heterocycles. The molecular formula is C19H12Br2O2. The Hall–Kier alpha value is -1.91. The van der Waals surface area contributed by atoms with E-state index in [4.69, 9.17) is 4.74 Å². The summed E-state index contributed by atoms with van der Waals surface area (Å²) in [4.78, 5) is 12.0. The smallest absolute Gasteiger partial charge is 0.336 e. The first kappa shape index (κ1) is 16.0. The maximum absolute atomic E-state index is 12.0. The zero-order valence-electron chi connectivity index (χ0n) is 12.0. The third kappa shape index (κ3) is 3.89. The third-order valence-corrected chi connectivity index (χ3v) is 4.44. The van der Waals surface area contributed by atoms with Crippen LogP contribution in [0.15, 0.2) is 75.7 Å². The lowest BCUT2D eigenvalue weighted by Gasteiger charge is -2.05. The van der Waals surface area contributed by atoms with Crippen LogP contribution in [-0.2, 0) is 4.79 Å². The number of carbonyl (C=O) groups excluding carboxylic acids is 1. The number of rotatable bonds is 3. The van der Waals surface area contributed by atoms with Crippen molar-refractivity contribution in [2.24, 2.45) is 0 Å². The number of carbonyl (C=O) groups is 1. The summed E-state index contributed by atoms with van der Waals surface area (Å²) in [5.74, 6) is 0.0710. The molecule has 0 saturated carbocycles. The maximum Gasteiger partial charge on any atom is 0.336 e. The van der Waals surface area contributed by atoms with Crippen LogP contribution in [0.5, 0.6) is 5.75 Å². The molecule has 0 bridgehead atoms. The number of halogens is 2. The Kier molecular flexibility index (Phi) is 4.94. The summed E-state index contributed by atoms with van der Waals surface area (Å²) in [6.45, 7) is 0. The van der Waals surface area contributed by atoms with Crippen LogP contribution in [0, 0.1) is 0 Å². The average Bonchev–Trinajstić information content (AvgIpc) is 2.55. The standard InChI is InChI=1S/C19H12Br2O2/c20-15-9-10-18(17(21)12-15)23-19(22)11-8-14-6-3-5-13-4-1-2-7-16(13)14/h1-12H/b11-8+. The van der Waals surface area contributed by atoms with E-state index in [1.54, 1.807) is 12.1 Å². The minimum absolute atomic E-state index is 0.416. The van der Waals surface area contributed by atoms with Gasteiger partial charge in [0.2, 0.25) is 0 Å². The Balaban J connectivity index is 1.80. The summed E-state index contributed by atoms with van der Waals surface area (Å²) in [7, 11) is 0. The van der Waals surface area contributed by atoms with E-state index >= 15 is 0 Å². The average molecular weight is 432 g/mol. The molecule has 0 N–H and O–H groups in total. The molecule has 3 aromatic rings. The lowest BCUT2D eigenvalue weighted by molar-refractivity contribution is -0.128. The van der Waals surface area contributed by atoms with E-state index in [1.807, 2.05) is 54.6 Å². The number of hydrogen-bond donors (Lipinski definition) is 0. The van der Waals surface area contributed by atoms with Crippen LogP contribution in [0.3, 0.4) is 0 Å². The summed E-state index contributed by atoms with van der Waals surface area (Å²) >= 11 is 6.74. The largest absolute Gasteiger partial charge is 0.422 e. The molecule has 0 aliphatic rings. The Morgan fingerprint density at radius 3 is 2.57 bits per heavy atom. The molecule has 0 aliphatic carbocycles. The molecule has 0 radical (unpaired) electrons. The van der Waals surface area contributed by atoms with Gasteiger partial charge in [0.15, 0.2) is 0 Å². The van der Waals surface area contributed by atoms with E-state index in [2.05, 4.69) is 31.9 Å². The van der Waals surface area contributed by atoms with Crippen molar-refractivity contribution in [2.45, 2.75) is 0 Å². The highest BCUT2D eigenvalue weighted by molar-refractivity contribution is 9.11. The van der Waals surface area contributed by atoms with Crippen molar-refractivity contribution in [1.29, 1.82) is 0 Å². The Morgan fingerprint density at radius 2 is 1.74 bits per heavy atom. The molecule has 23 heavy (non-hydrogen) atoms. The van der Waals surface area contributed by atoms with Crippen molar-refractivity contribution in [2.75, 3.05) is 0 Å². The van der Waals surface area contributed by atoms with Crippen molar-refractivity contribution in [3.05, 3.63) is 81.2 Å². The second-order valence-corrected chi connectivity index (χ2v) is 6.67. The van der Waals surface area contributed by atoms with Crippen molar-refractivity contribution in [3.63, 3.8) is 0 Å². The number of benzene rings is 3. The summed E-state index contributed by atoms with van der Waals surface area (Å²) in [5, 5.41) is 2.24. The molecule has 0 heterocycles. The van der Waals surface area contributed by atoms with Crippen LogP contribution in [0.4, 0.5) is 0 Å². The van der Waals surface area contributed by atoms with Gasteiger partial charge in [0.1, 0.15) is 5.75 Å². The SMILES string of the molecule is O=C(/C=C/c1cccc2ccccc12)Oc1ccc(Br)cc1Br. The molecule has 0 fully saturated rings. The van der Waals surface area contributed by atoms with Gasteiger partial charge in [-0.2, -0.15) is 0 Å². The fourth-order valence-corrected chi connectivity index (χ4v) is 3.38. The Bertz CT molecular complexity index is 896. The predicted molar refractivity (Wildman–Crippen MR) is 100 cm³/mol. The molecule has 0 spiro atoms. The maximum atomic E-state index is 12.0. The normalized spacial score (nSPS) is 11.0. The van der Waals surface area contributed by atoms with Gasteiger partial charge in [-0.3, -0.25) is 0 Å². The quantitative estimate of drug-likeness (QED) is 0.289. The molecule has 3 rings (SSSR count). The van der Waals surface area contributed by atoms with Crippen LogP contribution in [0.25, 0.3) is 16.8 Å². The van der Waals surface area contributed by atoms with E-state index in [9.17, 15) is 4.79 Å². The molecule has 0 unspecified atom stereocenters. The highest BCUT2D eigenvalue weighted by Crippen LogP contribution is 2.28. The van der Waals surface area contributed by atoms with Crippen LogP contribution in [-0.4, -0.2) is 5.97 Å². The summed E-state index contributed by atoms with van der Waals surface area (Å²) < 4.78 is 6.97. The lowest BCUT2D eigenvalue weighted by Crippen LogP contribution is -2.04. The van der Waals surface area contributed by atoms with Crippen LogP contribution >= 0.6 is 31.9 Å².